The van der Waals surface area contributed by atoms with Crippen molar-refractivity contribution in [3.05, 3.63) is 102 Å². The van der Waals surface area contributed by atoms with Gasteiger partial charge in [-0.3, -0.25) is 4.79 Å². The van der Waals surface area contributed by atoms with E-state index in [0.29, 0.717) is 11.3 Å². The Hall–Kier alpha value is -3.47. The molecule has 0 aliphatic rings. The van der Waals surface area contributed by atoms with Crippen LogP contribution in [0.2, 0.25) is 0 Å². The molecule has 3 rings (SSSR count). The predicted octanol–water partition coefficient (Wildman–Crippen LogP) is 7.35. The average molecular weight is 436 g/mol. The molecule has 0 radical (unpaired) electrons. The van der Waals surface area contributed by atoms with Crippen LogP contribution in [0.4, 0.5) is 8.78 Å². The molecule has 0 N–H and O–H groups in total. The summed E-state index contributed by atoms with van der Waals surface area (Å²) in [7, 11) is 0. The van der Waals surface area contributed by atoms with Crippen molar-refractivity contribution in [3.63, 3.8) is 0 Å². The highest BCUT2D eigenvalue weighted by atomic mass is 19.1. The van der Waals surface area contributed by atoms with Crippen LogP contribution in [0, 0.1) is 23.5 Å². The molecule has 2 atom stereocenters. The minimum atomic E-state index is -0.596. The number of hydrogen-bond donors (Lipinski definition) is 0. The normalized spacial score (nSPS) is 13.2. The standard InChI is InChI=1S/C27H26F2O3/c1-18(2)24(15-11-20-9-13-22(28)14-10-20)27(30)31-19(3)21-12-16-25(29)26(17-21)32-23-7-5-4-6-8-23/h4-19,24H,1-3H3. The number of ether oxygens (including phenoxy) is 2. The third-order valence-corrected chi connectivity index (χ3v) is 5.05. The van der Waals surface area contributed by atoms with Gasteiger partial charge in [0.1, 0.15) is 17.7 Å². The van der Waals surface area contributed by atoms with E-state index in [1.165, 1.54) is 18.2 Å². The molecule has 3 aromatic carbocycles. The second kappa shape index (κ2) is 10.7. The largest absolute Gasteiger partial charge is 0.457 e. The van der Waals surface area contributed by atoms with Gasteiger partial charge in [-0.05, 0) is 60.4 Å². The first kappa shape index (κ1) is 23.2. The average Bonchev–Trinajstić information content (AvgIpc) is 2.77. The van der Waals surface area contributed by atoms with E-state index in [0.717, 1.165) is 5.56 Å². The van der Waals surface area contributed by atoms with E-state index >= 15 is 0 Å². The van der Waals surface area contributed by atoms with E-state index in [1.807, 2.05) is 19.9 Å². The first-order chi connectivity index (χ1) is 15.3. The number of hydrogen-bond acceptors (Lipinski definition) is 3. The summed E-state index contributed by atoms with van der Waals surface area (Å²) < 4.78 is 38.6. The summed E-state index contributed by atoms with van der Waals surface area (Å²) in [6.45, 7) is 5.59. The number of benzene rings is 3. The molecule has 166 valence electrons. The van der Waals surface area contributed by atoms with Crippen LogP contribution in [0.15, 0.2) is 78.9 Å². The van der Waals surface area contributed by atoms with Crippen molar-refractivity contribution in [1.82, 2.24) is 0 Å². The molecule has 5 heteroatoms. The van der Waals surface area contributed by atoms with Crippen LogP contribution in [-0.4, -0.2) is 5.97 Å². The van der Waals surface area contributed by atoms with Crippen LogP contribution in [0.25, 0.3) is 6.08 Å². The molecular weight excluding hydrogens is 410 g/mol. The van der Waals surface area contributed by atoms with Crippen LogP contribution in [0.5, 0.6) is 11.5 Å². The molecule has 0 heterocycles. The number of rotatable bonds is 8. The summed E-state index contributed by atoms with van der Waals surface area (Å²) in [6, 6.07) is 19.3. The van der Waals surface area contributed by atoms with E-state index in [1.54, 1.807) is 67.6 Å². The van der Waals surface area contributed by atoms with Gasteiger partial charge in [0.15, 0.2) is 11.6 Å². The van der Waals surface area contributed by atoms with E-state index in [-0.39, 0.29) is 23.5 Å². The quantitative estimate of drug-likeness (QED) is 0.346. The molecule has 0 saturated carbocycles. The summed E-state index contributed by atoms with van der Waals surface area (Å²) in [5.41, 5.74) is 1.41. The molecule has 3 aromatic rings. The van der Waals surface area contributed by atoms with Crippen molar-refractivity contribution in [1.29, 1.82) is 0 Å². The van der Waals surface area contributed by atoms with Crippen molar-refractivity contribution < 1.29 is 23.0 Å². The first-order valence-electron chi connectivity index (χ1n) is 10.5. The summed E-state index contributed by atoms with van der Waals surface area (Å²) in [4.78, 5) is 12.8. The zero-order valence-electron chi connectivity index (χ0n) is 18.3. The van der Waals surface area contributed by atoms with Crippen LogP contribution in [-0.2, 0) is 9.53 Å². The van der Waals surface area contributed by atoms with E-state index < -0.39 is 17.8 Å². The van der Waals surface area contributed by atoms with Gasteiger partial charge in [0, 0.05) is 0 Å². The number of carbonyl (C=O) groups excluding carboxylic acids is 1. The highest BCUT2D eigenvalue weighted by Crippen LogP contribution is 2.30. The lowest BCUT2D eigenvalue weighted by molar-refractivity contribution is -0.153. The van der Waals surface area contributed by atoms with Gasteiger partial charge in [0.25, 0.3) is 0 Å². The lowest BCUT2D eigenvalue weighted by atomic mass is 9.94. The first-order valence-corrected chi connectivity index (χ1v) is 10.5. The fourth-order valence-electron chi connectivity index (χ4n) is 3.15. The Morgan fingerprint density at radius 3 is 2.25 bits per heavy atom. The Balaban J connectivity index is 1.71. The Labute approximate surface area is 187 Å². The minimum absolute atomic E-state index is 0.00316. The van der Waals surface area contributed by atoms with Gasteiger partial charge in [-0.2, -0.15) is 0 Å². The predicted molar refractivity (Wildman–Crippen MR) is 121 cm³/mol. The van der Waals surface area contributed by atoms with Gasteiger partial charge in [0.2, 0.25) is 0 Å². The van der Waals surface area contributed by atoms with Crippen LogP contribution in [0.1, 0.15) is 38.0 Å². The van der Waals surface area contributed by atoms with Crippen molar-refractivity contribution in [2.24, 2.45) is 11.8 Å². The van der Waals surface area contributed by atoms with Gasteiger partial charge >= 0.3 is 5.97 Å². The maximum atomic E-state index is 14.2. The molecule has 32 heavy (non-hydrogen) atoms. The van der Waals surface area contributed by atoms with Crippen molar-refractivity contribution >= 4 is 12.0 Å². The molecule has 0 aliphatic heterocycles. The molecule has 0 amide bonds. The van der Waals surface area contributed by atoms with Gasteiger partial charge in [0.05, 0.1) is 5.92 Å². The smallest absolute Gasteiger partial charge is 0.313 e. The maximum absolute atomic E-state index is 14.2. The Bertz CT molecular complexity index is 1060. The molecule has 0 spiro atoms. The third-order valence-electron chi connectivity index (χ3n) is 5.05. The Kier molecular flexibility index (Phi) is 7.77. The molecule has 0 saturated heterocycles. The van der Waals surface area contributed by atoms with Crippen molar-refractivity contribution in [3.8, 4) is 11.5 Å². The fraction of sp³-hybridized carbons (Fsp3) is 0.222. The summed E-state index contributed by atoms with van der Waals surface area (Å²) in [5, 5.41) is 0. The SMILES string of the molecule is CC(OC(=O)C(C=Cc1ccc(F)cc1)C(C)C)c1ccc(F)c(Oc2ccccc2)c1. The second-order valence-corrected chi connectivity index (χ2v) is 7.86. The summed E-state index contributed by atoms with van der Waals surface area (Å²) in [6.07, 6.45) is 2.95. The van der Waals surface area contributed by atoms with Gasteiger partial charge in [-0.15, -0.1) is 0 Å². The van der Waals surface area contributed by atoms with Gasteiger partial charge in [-0.25, -0.2) is 8.78 Å². The number of para-hydroxylation sites is 1. The molecule has 3 nitrogen and oxygen atoms in total. The number of esters is 1. The van der Waals surface area contributed by atoms with Gasteiger partial charge < -0.3 is 9.47 Å². The fourth-order valence-corrected chi connectivity index (χ4v) is 3.15. The van der Waals surface area contributed by atoms with Crippen LogP contribution < -0.4 is 4.74 Å². The lowest BCUT2D eigenvalue weighted by Gasteiger charge is -2.20. The van der Waals surface area contributed by atoms with Gasteiger partial charge in [-0.1, -0.05) is 62.4 Å². The molecule has 0 fully saturated rings. The summed E-state index contributed by atoms with van der Waals surface area (Å²) >= 11 is 0. The highest BCUT2D eigenvalue weighted by Gasteiger charge is 2.24. The molecule has 0 aromatic heterocycles. The van der Waals surface area contributed by atoms with E-state index in [9.17, 15) is 13.6 Å². The second-order valence-electron chi connectivity index (χ2n) is 7.86. The van der Waals surface area contributed by atoms with Crippen molar-refractivity contribution in [2.75, 3.05) is 0 Å². The molecule has 0 bridgehead atoms. The van der Waals surface area contributed by atoms with Crippen LogP contribution >= 0.6 is 0 Å². The third kappa shape index (κ3) is 6.27. The lowest BCUT2D eigenvalue weighted by Crippen LogP contribution is -2.22. The zero-order chi connectivity index (χ0) is 23.1. The molecule has 2 unspecified atom stereocenters. The Morgan fingerprint density at radius 2 is 1.59 bits per heavy atom. The summed E-state index contributed by atoms with van der Waals surface area (Å²) in [5.74, 6) is -1.11. The van der Waals surface area contributed by atoms with Crippen LogP contribution in [0.3, 0.4) is 0 Å². The van der Waals surface area contributed by atoms with E-state index in [4.69, 9.17) is 9.47 Å². The zero-order valence-corrected chi connectivity index (χ0v) is 18.3. The topological polar surface area (TPSA) is 35.5 Å². The number of carbonyl (C=O) groups is 1. The molecule has 0 aliphatic carbocycles. The van der Waals surface area contributed by atoms with E-state index in [2.05, 4.69) is 0 Å². The monoisotopic (exact) mass is 436 g/mol. The maximum Gasteiger partial charge on any atom is 0.313 e. The highest BCUT2D eigenvalue weighted by molar-refractivity contribution is 5.76. The minimum Gasteiger partial charge on any atom is -0.457 e. The Morgan fingerprint density at radius 1 is 0.906 bits per heavy atom. The number of halogens is 2. The molecular formula is C27H26F2O3. The van der Waals surface area contributed by atoms with Crippen molar-refractivity contribution in [2.45, 2.75) is 26.9 Å².